The average Bonchev–Trinajstić information content (AvgIpc) is 3.63. The standard InChI is InChI=1S/C28H30N4O2S/c1-18(2)34-25-11-8-19(14-20(25)15-29)28-31-16-26(35-28)23-7-5-6-22-21(23)9-10-24(22)30-17-27(33)32-12-3-4-13-32/h5-8,11,14,16,18,24,30H,3-4,9-10,12-13,17H2,1-2H3. The molecule has 2 aromatic carbocycles. The van der Waals surface area contributed by atoms with Crippen molar-refractivity contribution in [3.05, 3.63) is 59.3 Å². The number of rotatable bonds is 7. The van der Waals surface area contributed by atoms with Crippen molar-refractivity contribution in [3.63, 3.8) is 0 Å². The molecular weight excluding hydrogens is 456 g/mol. The Morgan fingerprint density at radius 2 is 2.11 bits per heavy atom. The maximum absolute atomic E-state index is 12.5. The van der Waals surface area contributed by atoms with Gasteiger partial charge in [0.1, 0.15) is 16.8 Å². The number of carbonyl (C=O) groups is 1. The molecule has 1 unspecified atom stereocenters. The molecule has 0 spiro atoms. The molecule has 35 heavy (non-hydrogen) atoms. The molecule has 1 amide bonds. The highest BCUT2D eigenvalue weighted by molar-refractivity contribution is 7.18. The quantitative estimate of drug-likeness (QED) is 0.488. The molecular formula is C28H30N4O2S. The van der Waals surface area contributed by atoms with E-state index in [1.807, 2.05) is 43.1 Å². The van der Waals surface area contributed by atoms with Crippen molar-refractivity contribution in [1.29, 1.82) is 5.26 Å². The van der Waals surface area contributed by atoms with Gasteiger partial charge in [-0.2, -0.15) is 5.26 Å². The van der Waals surface area contributed by atoms with Crippen molar-refractivity contribution < 1.29 is 9.53 Å². The van der Waals surface area contributed by atoms with Gasteiger partial charge in [0.2, 0.25) is 5.91 Å². The molecule has 0 saturated carbocycles. The molecule has 1 N–H and O–H groups in total. The van der Waals surface area contributed by atoms with Crippen molar-refractivity contribution in [2.24, 2.45) is 0 Å². The highest BCUT2D eigenvalue weighted by Gasteiger charge is 2.27. The first-order valence-corrected chi connectivity index (χ1v) is 13.2. The number of amides is 1. The lowest BCUT2D eigenvalue weighted by Gasteiger charge is -2.19. The second kappa shape index (κ2) is 10.2. The van der Waals surface area contributed by atoms with Gasteiger partial charge in [0.15, 0.2) is 0 Å². The van der Waals surface area contributed by atoms with E-state index in [0.717, 1.165) is 54.2 Å². The Morgan fingerprint density at radius 3 is 2.89 bits per heavy atom. The lowest BCUT2D eigenvalue weighted by Crippen LogP contribution is -2.37. The number of hydrogen-bond donors (Lipinski definition) is 1. The number of benzene rings is 2. The number of carbonyl (C=O) groups excluding carboxylic acids is 1. The van der Waals surface area contributed by atoms with Gasteiger partial charge in [0, 0.05) is 30.9 Å². The minimum atomic E-state index is 0.0104. The highest BCUT2D eigenvalue weighted by atomic mass is 32.1. The molecule has 5 rings (SSSR count). The first-order chi connectivity index (χ1) is 17.0. The van der Waals surface area contributed by atoms with Gasteiger partial charge in [-0.1, -0.05) is 18.2 Å². The fourth-order valence-electron chi connectivity index (χ4n) is 5.03. The van der Waals surface area contributed by atoms with Crippen LogP contribution in [0, 0.1) is 11.3 Å². The molecule has 1 aromatic heterocycles. The zero-order valence-electron chi connectivity index (χ0n) is 20.2. The van der Waals surface area contributed by atoms with E-state index in [1.54, 1.807) is 11.3 Å². The van der Waals surface area contributed by atoms with Crippen LogP contribution >= 0.6 is 11.3 Å². The topological polar surface area (TPSA) is 78.2 Å². The largest absolute Gasteiger partial charge is 0.490 e. The zero-order valence-corrected chi connectivity index (χ0v) is 21.0. The van der Waals surface area contributed by atoms with Crippen LogP contribution in [-0.2, 0) is 11.2 Å². The van der Waals surface area contributed by atoms with Gasteiger partial charge >= 0.3 is 0 Å². The summed E-state index contributed by atoms with van der Waals surface area (Å²) >= 11 is 1.64. The summed E-state index contributed by atoms with van der Waals surface area (Å²) in [4.78, 5) is 20.3. The third-order valence-electron chi connectivity index (χ3n) is 6.71. The number of hydrogen-bond acceptors (Lipinski definition) is 6. The number of likely N-dealkylation sites (tertiary alicyclic amines) is 1. The SMILES string of the molecule is CC(C)Oc1ccc(-c2ncc(-c3cccc4c3CCC4NCC(=O)N3CCCC3)s2)cc1C#N. The number of thiazole rings is 1. The Labute approximate surface area is 210 Å². The number of ether oxygens (including phenoxy) is 1. The summed E-state index contributed by atoms with van der Waals surface area (Å²) in [6.07, 6.45) is 6.15. The Hall–Kier alpha value is -3.21. The van der Waals surface area contributed by atoms with Gasteiger partial charge in [-0.15, -0.1) is 11.3 Å². The fraction of sp³-hybridized carbons (Fsp3) is 0.393. The Kier molecular flexibility index (Phi) is 6.85. The molecule has 180 valence electrons. The van der Waals surface area contributed by atoms with Gasteiger partial charge < -0.3 is 15.0 Å². The number of nitrogens with one attached hydrogen (secondary N) is 1. The van der Waals surface area contributed by atoms with Crippen molar-refractivity contribution in [1.82, 2.24) is 15.2 Å². The van der Waals surface area contributed by atoms with E-state index in [0.29, 0.717) is 17.9 Å². The van der Waals surface area contributed by atoms with Crippen LogP contribution in [-0.4, -0.2) is 41.5 Å². The average molecular weight is 487 g/mol. The third-order valence-corrected chi connectivity index (χ3v) is 7.79. The first kappa shape index (κ1) is 23.5. The summed E-state index contributed by atoms with van der Waals surface area (Å²) in [7, 11) is 0. The normalized spacial score (nSPS) is 17.0. The Morgan fingerprint density at radius 1 is 1.29 bits per heavy atom. The van der Waals surface area contributed by atoms with Crippen LogP contribution < -0.4 is 10.1 Å². The van der Waals surface area contributed by atoms with E-state index >= 15 is 0 Å². The molecule has 1 fully saturated rings. The number of nitriles is 1. The molecule has 7 heteroatoms. The summed E-state index contributed by atoms with van der Waals surface area (Å²) in [6.45, 7) is 6.08. The summed E-state index contributed by atoms with van der Waals surface area (Å²) in [5.74, 6) is 0.811. The van der Waals surface area contributed by atoms with Crippen molar-refractivity contribution in [2.75, 3.05) is 19.6 Å². The van der Waals surface area contributed by atoms with Crippen molar-refractivity contribution >= 4 is 17.2 Å². The summed E-state index contributed by atoms with van der Waals surface area (Å²) in [5, 5.41) is 14.0. The van der Waals surface area contributed by atoms with Crippen LogP contribution in [0.4, 0.5) is 0 Å². The molecule has 1 saturated heterocycles. The lowest BCUT2D eigenvalue weighted by atomic mass is 10.0. The maximum Gasteiger partial charge on any atom is 0.236 e. The molecule has 2 heterocycles. The molecule has 1 aliphatic carbocycles. The second-order valence-corrected chi connectivity index (χ2v) is 10.5. The molecule has 1 aliphatic heterocycles. The minimum absolute atomic E-state index is 0.0104. The van der Waals surface area contributed by atoms with Crippen LogP contribution in [0.2, 0.25) is 0 Å². The fourth-order valence-corrected chi connectivity index (χ4v) is 5.99. The van der Waals surface area contributed by atoms with Crippen LogP contribution in [0.25, 0.3) is 21.0 Å². The van der Waals surface area contributed by atoms with E-state index in [4.69, 9.17) is 4.74 Å². The first-order valence-electron chi connectivity index (χ1n) is 12.3. The van der Waals surface area contributed by atoms with E-state index < -0.39 is 0 Å². The van der Waals surface area contributed by atoms with Crippen molar-refractivity contribution in [2.45, 2.75) is 51.7 Å². The Balaban J connectivity index is 1.34. The van der Waals surface area contributed by atoms with E-state index in [2.05, 4.69) is 34.6 Å². The number of fused-ring (bicyclic) bond motifs is 1. The van der Waals surface area contributed by atoms with Gasteiger partial charge in [0.25, 0.3) is 0 Å². The Bertz CT molecular complexity index is 1270. The monoisotopic (exact) mass is 486 g/mol. The van der Waals surface area contributed by atoms with E-state index in [1.165, 1.54) is 16.7 Å². The van der Waals surface area contributed by atoms with Crippen LogP contribution in [0.15, 0.2) is 42.6 Å². The zero-order chi connectivity index (χ0) is 24.4. The minimum Gasteiger partial charge on any atom is -0.490 e. The van der Waals surface area contributed by atoms with Gasteiger partial charge in [-0.3, -0.25) is 4.79 Å². The van der Waals surface area contributed by atoms with E-state index in [-0.39, 0.29) is 18.1 Å². The highest BCUT2D eigenvalue weighted by Crippen LogP contribution is 2.41. The van der Waals surface area contributed by atoms with Crippen LogP contribution in [0.5, 0.6) is 5.75 Å². The summed E-state index contributed by atoms with van der Waals surface area (Å²) < 4.78 is 5.76. The molecule has 6 nitrogen and oxygen atoms in total. The summed E-state index contributed by atoms with van der Waals surface area (Å²) in [5.41, 5.74) is 5.27. The number of nitrogens with zero attached hydrogens (tertiary/aromatic N) is 3. The summed E-state index contributed by atoms with van der Waals surface area (Å²) in [6, 6.07) is 14.6. The van der Waals surface area contributed by atoms with Crippen LogP contribution in [0.3, 0.4) is 0 Å². The number of aromatic nitrogens is 1. The second-order valence-electron chi connectivity index (χ2n) is 9.45. The van der Waals surface area contributed by atoms with Gasteiger partial charge in [0.05, 0.1) is 23.1 Å². The predicted octanol–water partition coefficient (Wildman–Crippen LogP) is 5.34. The lowest BCUT2D eigenvalue weighted by molar-refractivity contribution is -0.129. The molecule has 2 aliphatic rings. The van der Waals surface area contributed by atoms with Gasteiger partial charge in [-0.05, 0) is 74.4 Å². The smallest absolute Gasteiger partial charge is 0.236 e. The van der Waals surface area contributed by atoms with Crippen molar-refractivity contribution in [3.8, 4) is 32.8 Å². The molecule has 0 radical (unpaired) electrons. The predicted molar refractivity (Wildman–Crippen MR) is 138 cm³/mol. The maximum atomic E-state index is 12.5. The third kappa shape index (κ3) is 4.95. The van der Waals surface area contributed by atoms with Crippen LogP contribution in [0.1, 0.15) is 55.8 Å². The molecule has 1 atom stereocenters. The molecule has 3 aromatic rings. The molecule has 0 bridgehead atoms. The van der Waals surface area contributed by atoms with Gasteiger partial charge in [-0.25, -0.2) is 4.98 Å². The van der Waals surface area contributed by atoms with E-state index in [9.17, 15) is 10.1 Å².